The van der Waals surface area contributed by atoms with Crippen LogP contribution in [0.2, 0.25) is 0 Å². The van der Waals surface area contributed by atoms with Gasteiger partial charge in [0.1, 0.15) is 24.1 Å². The zero-order chi connectivity index (χ0) is 14.6. The molecule has 0 spiro atoms. The van der Waals surface area contributed by atoms with E-state index in [4.69, 9.17) is 31.9 Å². The topological polar surface area (TPSA) is 188 Å². The number of aliphatic hydroxyl groups excluding tert-OH is 4. The lowest BCUT2D eigenvalue weighted by atomic mass is 10.1. The van der Waals surface area contributed by atoms with E-state index in [1.165, 1.54) is 6.33 Å². The summed E-state index contributed by atoms with van der Waals surface area (Å²) in [5, 5.41) is 35.0. The minimum atomic E-state index is -1.38. The fourth-order valence-corrected chi connectivity index (χ4v) is 1.38. The summed E-state index contributed by atoms with van der Waals surface area (Å²) in [7, 11) is 0. The van der Waals surface area contributed by atoms with Gasteiger partial charge in [-0.15, -0.1) is 0 Å². The average Bonchev–Trinajstić information content (AvgIpc) is 2.89. The number of carbonyl (C=O) groups is 1. The van der Waals surface area contributed by atoms with Gasteiger partial charge in [-0.25, -0.2) is 4.98 Å². The molecule has 1 aliphatic heterocycles. The summed E-state index contributed by atoms with van der Waals surface area (Å²) in [5.74, 6) is -0.406. The van der Waals surface area contributed by atoms with Crippen molar-refractivity contribution in [1.29, 1.82) is 0 Å². The monoisotopic (exact) mass is 276 g/mol. The third-order valence-electron chi connectivity index (χ3n) is 2.42. The third kappa shape index (κ3) is 3.62. The molecule has 1 amide bonds. The molecule has 10 heteroatoms. The summed E-state index contributed by atoms with van der Waals surface area (Å²) < 4.78 is 4.54. The maximum atomic E-state index is 10.3. The molecule has 9 N–H and O–H groups in total. The highest BCUT2D eigenvalue weighted by Crippen LogP contribution is 2.18. The number of imidazole rings is 1. The molecule has 1 aliphatic rings. The van der Waals surface area contributed by atoms with Crippen molar-refractivity contribution in [1.82, 2.24) is 9.97 Å². The molecule has 19 heavy (non-hydrogen) atoms. The Morgan fingerprint density at radius 3 is 2.26 bits per heavy atom. The predicted molar refractivity (Wildman–Crippen MR) is 61.5 cm³/mol. The van der Waals surface area contributed by atoms with Gasteiger partial charge in [-0.2, -0.15) is 0 Å². The second kappa shape index (κ2) is 6.45. The van der Waals surface area contributed by atoms with E-state index in [1.54, 1.807) is 0 Å². The van der Waals surface area contributed by atoms with Crippen LogP contribution >= 0.6 is 0 Å². The van der Waals surface area contributed by atoms with Crippen LogP contribution in [-0.4, -0.2) is 67.5 Å². The number of primary amides is 1. The number of ether oxygens (including phenoxy) is 1. The molecule has 2 heterocycles. The Balaban J connectivity index is 0.000000191. The zero-order valence-electron chi connectivity index (χ0n) is 9.80. The van der Waals surface area contributed by atoms with Crippen molar-refractivity contribution in [3.63, 3.8) is 0 Å². The van der Waals surface area contributed by atoms with Gasteiger partial charge in [-0.1, -0.05) is 0 Å². The van der Waals surface area contributed by atoms with Gasteiger partial charge >= 0.3 is 0 Å². The van der Waals surface area contributed by atoms with Crippen LogP contribution in [0.1, 0.15) is 10.5 Å². The highest BCUT2D eigenvalue weighted by molar-refractivity contribution is 5.94. The van der Waals surface area contributed by atoms with Crippen molar-refractivity contribution in [3.05, 3.63) is 12.0 Å². The highest BCUT2D eigenvalue weighted by atomic mass is 16.6. The number of H-pyrrole nitrogens is 1. The van der Waals surface area contributed by atoms with Crippen molar-refractivity contribution in [2.24, 2.45) is 5.73 Å². The minimum absolute atomic E-state index is 0.0926. The van der Waals surface area contributed by atoms with E-state index in [9.17, 15) is 4.79 Å². The lowest BCUT2D eigenvalue weighted by Gasteiger charge is -2.09. The van der Waals surface area contributed by atoms with Gasteiger partial charge < -0.3 is 41.6 Å². The summed E-state index contributed by atoms with van der Waals surface area (Å²) in [6, 6.07) is 0. The van der Waals surface area contributed by atoms with Crippen molar-refractivity contribution < 1.29 is 30.0 Å². The summed E-state index contributed by atoms with van der Waals surface area (Å²) in [5.41, 5.74) is 10.2. The van der Waals surface area contributed by atoms with Gasteiger partial charge in [0.25, 0.3) is 5.91 Å². The van der Waals surface area contributed by atoms with Crippen molar-refractivity contribution >= 4 is 11.7 Å². The molecule has 1 aromatic heterocycles. The number of aliphatic hydroxyl groups is 4. The number of nitrogens with two attached hydrogens (primary N) is 2. The Kier molecular flexibility index (Phi) is 5.20. The SMILES string of the molecule is NC(=O)c1nc[nH]c1N.OC[C@H]1OC(O)[C@H](O)[C@@H]1O. The van der Waals surface area contributed by atoms with Gasteiger partial charge in [0, 0.05) is 0 Å². The molecule has 1 fully saturated rings. The second-order valence-electron chi connectivity index (χ2n) is 3.76. The molecule has 0 radical (unpaired) electrons. The second-order valence-corrected chi connectivity index (χ2v) is 3.76. The molecule has 2 rings (SSSR count). The Morgan fingerprint density at radius 1 is 1.42 bits per heavy atom. The molecule has 1 unspecified atom stereocenters. The molecule has 0 aromatic carbocycles. The molecule has 4 atom stereocenters. The van der Waals surface area contributed by atoms with E-state index in [2.05, 4.69) is 14.7 Å². The van der Waals surface area contributed by atoms with Crippen LogP contribution in [0, 0.1) is 0 Å². The molecule has 0 bridgehead atoms. The smallest absolute Gasteiger partial charge is 0.271 e. The fraction of sp³-hybridized carbons (Fsp3) is 0.556. The zero-order valence-corrected chi connectivity index (χ0v) is 9.80. The molecular weight excluding hydrogens is 260 g/mol. The summed E-state index contributed by atoms with van der Waals surface area (Å²) in [6.07, 6.45) is -3.44. The van der Waals surface area contributed by atoms with Crippen molar-refractivity contribution in [2.75, 3.05) is 12.3 Å². The molecular formula is C9H16N4O6. The lowest BCUT2D eigenvalue weighted by molar-refractivity contribution is -0.132. The van der Waals surface area contributed by atoms with E-state index in [-0.39, 0.29) is 11.5 Å². The lowest BCUT2D eigenvalue weighted by Crippen LogP contribution is -2.33. The Morgan fingerprint density at radius 2 is 2.05 bits per heavy atom. The maximum absolute atomic E-state index is 10.3. The van der Waals surface area contributed by atoms with Gasteiger partial charge in [-0.3, -0.25) is 4.79 Å². The highest BCUT2D eigenvalue weighted by Gasteiger charge is 2.41. The number of nitrogens with zero attached hydrogens (tertiary/aromatic N) is 1. The van der Waals surface area contributed by atoms with Crippen LogP contribution in [0.3, 0.4) is 0 Å². The summed E-state index contributed by atoms with van der Waals surface area (Å²) in [4.78, 5) is 16.4. The van der Waals surface area contributed by atoms with E-state index in [1.807, 2.05) is 0 Å². The number of carbonyl (C=O) groups excluding carboxylic acids is 1. The van der Waals surface area contributed by atoms with Crippen LogP contribution in [-0.2, 0) is 4.74 Å². The summed E-state index contributed by atoms with van der Waals surface area (Å²) in [6.45, 7) is -0.407. The van der Waals surface area contributed by atoms with Crippen LogP contribution in [0.25, 0.3) is 0 Å². The van der Waals surface area contributed by atoms with Crippen molar-refractivity contribution in [3.8, 4) is 0 Å². The number of rotatable bonds is 2. The summed E-state index contributed by atoms with van der Waals surface area (Å²) >= 11 is 0. The number of aromatic amines is 1. The normalized spacial score (nSPS) is 29.7. The average molecular weight is 276 g/mol. The van der Waals surface area contributed by atoms with Gasteiger partial charge in [0.05, 0.1) is 12.9 Å². The standard InChI is InChI=1S/C5H10O5.C4H6N4O/c6-1-2-3(7)4(8)5(9)10-2;5-3-2(4(6)9)7-1-8-3/h2-9H,1H2;1H,5H2,(H2,6,9)(H,7,8)/t2-,3-,4-,5?;/m1./s1. The van der Waals surface area contributed by atoms with Gasteiger partial charge in [-0.05, 0) is 0 Å². The van der Waals surface area contributed by atoms with Crippen LogP contribution in [0.5, 0.6) is 0 Å². The first-order chi connectivity index (χ1) is 8.88. The molecule has 10 nitrogen and oxygen atoms in total. The first-order valence-electron chi connectivity index (χ1n) is 5.27. The number of aromatic nitrogens is 2. The van der Waals surface area contributed by atoms with E-state index >= 15 is 0 Å². The molecule has 1 aromatic rings. The van der Waals surface area contributed by atoms with Crippen LogP contribution < -0.4 is 11.5 Å². The number of hydrogen-bond acceptors (Lipinski definition) is 8. The maximum Gasteiger partial charge on any atom is 0.271 e. The quantitative estimate of drug-likeness (QED) is 0.289. The number of nitrogens with one attached hydrogen (secondary N) is 1. The van der Waals surface area contributed by atoms with Crippen LogP contribution in [0.4, 0.5) is 5.82 Å². The fourth-order valence-electron chi connectivity index (χ4n) is 1.38. The first kappa shape index (κ1) is 15.3. The van der Waals surface area contributed by atoms with E-state index in [0.717, 1.165) is 0 Å². The largest absolute Gasteiger partial charge is 0.394 e. The molecule has 0 aliphatic carbocycles. The molecule has 0 saturated carbocycles. The van der Waals surface area contributed by atoms with E-state index in [0.29, 0.717) is 0 Å². The number of nitrogen functional groups attached to an aromatic ring is 1. The Hall–Kier alpha value is -1.72. The van der Waals surface area contributed by atoms with E-state index < -0.39 is 37.1 Å². The molecule has 108 valence electrons. The number of hydrogen-bond donors (Lipinski definition) is 7. The number of anilines is 1. The predicted octanol–water partition coefficient (Wildman–Crippen LogP) is -3.49. The first-order valence-corrected chi connectivity index (χ1v) is 5.27. The minimum Gasteiger partial charge on any atom is -0.394 e. The molecule has 1 saturated heterocycles. The number of amides is 1. The van der Waals surface area contributed by atoms with Crippen molar-refractivity contribution in [2.45, 2.75) is 24.6 Å². The van der Waals surface area contributed by atoms with Crippen LogP contribution in [0.15, 0.2) is 6.33 Å². The Labute approximate surface area is 107 Å². The third-order valence-corrected chi connectivity index (χ3v) is 2.42. The van der Waals surface area contributed by atoms with Gasteiger partial charge in [0.15, 0.2) is 12.0 Å². The van der Waals surface area contributed by atoms with Gasteiger partial charge in [0.2, 0.25) is 0 Å². The Bertz CT molecular complexity index is 425.